The molecule has 27 heavy (non-hydrogen) atoms. The Morgan fingerprint density at radius 2 is 1.67 bits per heavy atom. The number of halogens is 4. The summed E-state index contributed by atoms with van der Waals surface area (Å²) in [6.45, 7) is 0.984. The molecular formula is C18H21F4N3O2. The van der Waals surface area contributed by atoms with E-state index < -0.39 is 30.0 Å². The van der Waals surface area contributed by atoms with Gasteiger partial charge in [0.15, 0.2) is 0 Å². The van der Waals surface area contributed by atoms with E-state index in [9.17, 15) is 27.2 Å². The van der Waals surface area contributed by atoms with Crippen molar-refractivity contribution < 1.29 is 27.2 Å². The molecule has 0 bridgehead atoms. The number of benzene rings is 1. The molecule has 2 aliphatic rings. The number of hydrogen-bond acceptors (Lipinski definition) is 2. The van der Waals surface area contributed by atoms with Crippen molar-refractivity contribution in [3.05, 3.63) is 29.8 Å². The van der Waals surface area contributed by atoms with Gasteiger partial charge in [0, 0.05) is 25.2 Å². The van der Waals surface area contributed by atoms with Crippen molar-refractivity contribution in [2.24, 2.45) is 0 Å². The highest BCUT2D eigenvalue weighted by Crippen LogP contribution is 2.30. The standard InChI is InChI=1S/C18H21F4N3O2/c19-13-10-15(16(26)24-8-2-1-3-9-24)25(11-13)17(27)23-14-6-4-12(5-7-14)18(20,21)22/h4-7,13,15H,1-3,8-11H2,(H,23,27)/t13-,15-/m0/s1. The first-order valence-corrected chi connectivity index (χ1v) is 8.93. The number of amides is 3. The predicted molar refractivity (Wildman–Crippen MR) is 90.9 cm³/mol. The lowest BCUT2D eigenvalue weighted by atomic mass is 10.1. The molecule has 2 atom stereocenters. The number of alkyl halides is 4. The number of nitrogens with one attached hydrogen (secondary N) is 1. The molecule has 1 aromatic rings. The summed E-state index contributed by atoms with van der Waals surface area (Å²) in [5.41, 5.74) is -0.678. The summed E-state index contributed by atoms with van der Waals surface area (Å²) in [5.74, 6) is -0.266. The summed E-state index contributed by atoms with van der Waals surface area (Å²) < 4.78 is 51.7. The second kappa shape index (κ2) is 7.74. The number of nitrogens with zero attached hydrogens (tertiary/aromatic N) is 2. The van der Waals surface area contributed by atoms with E-state index in [0.29, 0.717) is 13.1 Å². The van der Waals surface area contributed by atoms with Crippen LogP contribution in [0.15, 0.2) is 24.3 Å². The number of hydrogen-bond donors (Lipinski definition) is 1. The quantitative estimate of drug-likeness (QED) is 0.788. The molecule has 0 aliphatic carbocycles. The molecule has 0 radical (unpaired) electrons. The highest BCUT2D eigenvalue weighted by Gasteiger charge is 2.41. The number of anilines is 1. The molecule has 1 aromatic carbocycles. The summed E-state index contributed by atoms with van der Waals surface area (Å²) in [6.07, 6.45) is -3.02. The molecule has 0 aromatic heterocycles. The van der Waals surface area contributed by atoms with Crippen molar-refractivity contribution in [1.29, 1.82) is 0 Å². The first kappa shape index (κ1) is 19.4. The van der Waals surface area contributed by atoms with Gasteiger partial charge in [-0.25, -0.2) is 9.18 Å². The average molecular weight is 387 g/mol. The number of likely N-dealkylation sites (tertiary alicyclic amines) is 2. The molecule has 2 saturated heterocycles. The molecular weight excluding hydrogens is 366 g/mol. The minimum atomic E-state index is -4.47. The topological polar surface area (TPSA) is 52.7 Å². The van der Waals surface area contributed by atoms with E-state index in [4.69, 9.17) is 0 Å². The van der Waals surface area contributed by atoms with Gasteiger partial charge in [0.05, 0.1) is 12.1 Å². The number of carbonyl (C=O) groups excluding carboxylic acids is 2. The Morgan fingerprint density at radius 1 is 1.04 bits per heavy atom. The summed E-state index contributed by atoms with van der Waals surface area (Å²) in [7, 11) is 0. The lowest BCUT2D eigenvalue weighted by Crippen LogP contribution is -2.50. The van der Waals surface area contributed by atoms with Gasteiger partial charge in [0.1, 0.15) is 12.2 Å². The zero-order valence-electron chi connectivity index (χ0n) is 14.6. The van der Waals surface area contributed by atoms with Gasteiger partial charge >= 0.3 is 12.2 Å². The monoisotopic (exact) mass is 387 g/mol. The third kappa shape index (κ3) is 4.51. The number of piperidine rings is 1. The second-order valence-corrected chi connectivity index (χ2v) is 6.89. The largest absolute Gasteiger partial charge is 0.416 e. The van der Waals surface area contributed by atoms with Crippen LogP contribution in [-0.4, -0.2) is 53.6 Å². The van der Waals surface area contributed by atoms with Crippen molar-refractivity contribution in [2.45, 2.75) is 44.1 Å². The van der Waals surface area contributed by atoms with E-state index in [2.05, 4.69) is 5.32 Å². The van der Waals surface area contributed by atoms with Crippen LogP contribution in [0.3, 0.4) is 0 Å². The Kier molecular flexibility index (Phi) is 5.57. The molecule has 3 rings (SSSR count). The van der Waals surface area contributed by atoms with Gasteiger partial charge in [-0.3, -0.25) is 4.79 Å². The second-order valence-electron chi connectivity index (χ2n) is 6.89. The van der Waals surface area contributed by atoms with Gasteiger partial charge in [-0.1, -0.05) is 0 Å². The van der Waals surface area contributed by atoms with Crippen LogP contribution >= 0.6 is 0 Å². The summed E-state index contributed by atoms with van der Waals surface area (Å²) in [4.78, 5) is 28.0. The van der Waals surface area contributed by atoms with E-state index in [1.807, 2.05) is 0 Å². The Labute approximate surface area is 154 Å². The minimum Gasteiger partial charge on any atom is -0.341 e. The summed E-state index contributed by atoms with van der Waals surface area (Å²) >= 11 is 0. The third-order valence-electron chi connectivity index (χ3n) is 4.93. The third-order valence-corrected chi connectivity index (χ3v) is 4.93. The molecule has 9 heteroatoms. The van der Waals surface area contributed by atoms with Crippen molar-refractivity contribution in [1.82, 2.24) is 9.80 Å². The van der Waals surface area contributed by atoms with E-state index >= 15 is 0 Å². The minimum absolute atomic E-state index is 0.0598. The molecule has 2 aliphatic heterocycles. The first-order valence-electron chi connectivity index (χ1n) is 8.93. The van der Waals surface area contributed by atoms with Gasteiger partial charge in [-0.05, 0) is 43.5 Å². The maximum atomic E-state index is 13.9. The molecule has 5 nitrogen and oxygen atoms in total. The molecule has 1 N–H and O–H groups in total. The van der Waals surface area contributed by atoms with Crippen LogP contribution in [0.4, 0.5) is 28.0 Å². The predicted octanol–water partition coefficient (Wildman–Crippen LogP) is 3.66. The van der Waals surface area contributed by atoms with Gasteiger partial charge in [-0.15, -0.1) is 0 Å². The molecule has 148 valence electrons. The molecule has 0 unspecified atom stereocenters. The first-order chi connectivity index (χ1) is 12.8. The molecule has 0 saturated carbocycles. The fourth-order valence-electron chi connectivity index (χ4n) is 3.51. The molecule has 2 heterocycles. The molecule has 0 spiro atoms. The highest BCUT2D eigenvalue weighted by atomic mass is 19.4. The smallest absolute Gasteiger partial charge is 0.341 e. The Morgan fingerprint density at radius 3 is 2.26 bits per heavy atom. The van der Waals surface area contributed by atoms with E-state index in [-0.39, 0.29) is 24.6 Å². The van der Waals surface area contributed by atoms with Crippen molar-refractivity contribution >= 4 is 17.6 Å². The average Bonchev–Trinajstić information content (AvgIpc) is 3.03. The van der Waals surface area contributed by atoms with Crippen LogP contribution in [0, 0.1) is 0 Å². The molecule has 2 fully saturated rings. The van der Waals surface area contributed by atoms with Gasteiger partial charge in [0.2, 0.25) is 5.91 Å². The number of urea groups is 1. The lowest BCUT2D eigenvalue weighted by Gasteiger charge is -2.32. The van der Waals surface area contributed by atoms with E-state index in [1.54, 1.807) is 4.90 Å². The van der Waals surface area contributed by atoms with E-state index in [0.717, 1.165) is 48.4 Å². The van der Waals surface area contributed by atoms with Crippen LogP contribution < -0.4 is 5.32 Å². The van der Waals surface area contributed by atoms with Crippen LogP contribution in [0.5, 0.6) is 0 Å². The lowest BCUT2D eigenvalue weighted by molar-refractivity contribution is -0.137. The maximum absolute atomic E-state index is 13.9. The highest BCUT2D eigenvalue weighted by molar-refractivity contribution is 5.94. The number of carbonyl (C=O) groups is 2. The molecule has 3 amide bonds. The van der Waals surface area contributed by atoms with E-state index in [1.165, 1.54) is 0 Å². The van der Waals surface area contributed by atoms with Crippen molar-refractivity contribution in [3.8, 4) is 0 Å². The van der Waals surface area contributed by atoms with Crippen molar-refractivity contribution in [2.75, 3.05) is 25.0 Å². The summed E-state index contributed by atoms with van der Waals surface area (Å²) in [5, 5.41) is 2.45. The van der Waals surface area contributed by atoms with Gasteiger partial charge < -0.3 is 15.1 Å². The van der Waals surface area contributed by atoms with Crippen LogP contribution in [-0.2, 0) is 11.0 Å². The Bertz CT molecular complexity index is 687. The Balaban J connectivity index is 1.67. The van der Waals surface area contributed by atoms with Crippen LogP contribution in [0.25, 0.3) is 0 Å². The normalized spacial score (nSPS) is 23.4. The van der Waals surface area contributed by atoms with Crippen LogP contribution in [0.2, 0.25) is 0 Å². The maximum Gasteiger partial charge on any atom is 0.416 e. The fourth-order valence-corrected chi connectivity index (χ4v) is 3.51. The van der Waals surface area contributed by atoms with Gasteiger partial charge in [0.25, 0.3) is 0 Å². The SMILES string of the molecule is O=C([C@@H]1C[C@H](F)CN1C(=O)Nc1ccc(C(F)(F)F)cc1)N1CCCCC1. The van der Waals surface area contributed by atoms with Crippen molar-refractivity contribution in [3.63, 3.8) is 0 Å². The van der Waals surface area contributed by atoms with Gasteiger partial charge in [-0.2, -0.15) is 13.2 Å². The Hall–Kier alpha value is -2.32. The zero-order chi connectivity index (χ0) is 19.6. The zero-order valence-corrected chi connectivity index (χ0v) is 14.6. The number of rotatable bonds is 2. The fraction of sp³-hybridized carbons (Fsp3) is 0.556. The van der Waals surface area contributed by atoms with Crippen LogP contribution in [0.1, 0.15) is 31.2 Å². The summed E-state index contributed by atoms with van der Waals surface area (Å²) in [6, 6.07) is 2.40.